The van der Waals surface area contributed by atoms with Crippen molar-refractivity contribution in [2.24, 2.45) is 5.92 Å². The number of aromatic nitrogens is 5. The molecule has 0 aliphatic rings. The van der Waals surface area contributed by atoms with Crippen LogP contribution in [0.4, 0.5) is 0 Å². The molecule has 3 heterocycles. The van der Waals surface area contributed by atoms with E-state index in [1.54, 1.807) is 13.2 Å². The van der Waals surface area contributed by atoms with Crippen molar-refractivity contribution in [1.29, 1.82) is 0 Å². The number of carbonyl (C=O) groups excluding carboxylic acids is 1. The maximum Gasteiger partial charge on any atom is 0.267 e. The third kappa shape index (κ3) is 5.08. The van der Waals surface area contributed by atoms with Gasteiger partial charge in [-0.05, 0) is 42.7 Å². The average Bonchev–Trinajstić information content (AvgIpc) is 3.24. The molecular weight excluding hydrogens is 420 g/mol. The van der Waals surface area contributed by atoms with Crippen molar-refractivity contribution in [2.75, 3.05) is 7.11 Å². The van der Waals surface area contributed by atoms with Gasteiger partial charge in [-0.25, -0.2) is 4.68 Å². The van der Waals surface area contributed by atoms with Crippen LogP contribution in [-0.4, -0.2) is 37.4 Å². The summed E-state index contributed by atoms with van der Waals surface area (Å²) in [7, 11) is 1.59. The maximum atomic E-state index is 12.9. The molecule has 9 heteroatoms. The van der Waals surface area contributed by atoms with Gasteiger partial charge in [-0.2, -0.15) is 5.10 Å². The minimum Gasteiger partial charge on any atom is -0.497 e. The highest BCUT2D eigenvalue weighted by atomic mass is 16.5. The second kappa shape index (κ2) is 9.64. The van der Waals surface area contributed by atoms with E-state index in [4.69, 9.17) is 4.74 Å². The zero-order valence-electron chi connectivity index (χ0n) is 18.8. The Balaban J connectivity index is 1.57. The molecule has 4 rings (SSSR count). The lowest BCUT2D eigenvalue weighted by Gasteiger charge is -2.19. The number of nitrogens with zero attached hydrogens (tertiary/aromatic N) is 5. The van der Waals surface area contributed by atoms with E-state index in [1.165, 1.54) is 10.7 Å². The number of pyridine rings is 1. The van der Waals surface area contributed by atoms with Gasteiger partial charge in [-0.1, -0.05) is 32.0 Å². The van der Waals surface area contributed by atoms with Crippen LogP contribution in [0.15, 0.2) is 65.6 Å². The second-order valence-corrected chi connectivity index (χ2v) is 8.18. The first-order valence-corrected chi connectivity index (χ1v) is 10.8. The van der Waals surface area contributed by atoms with Crippen molar-refractivity contribution in [3.05, 3.63) is 77.0 Å². The number of ether oxygens (including phenoxy) is 1. The summed E-state index contributed by atoms with van der Waals surface area (Å²) in [5.41, 5.74) is 1.71. The number of fused-ring (bicyclic) bond motifs is 1. The number of benzene rings is 1. The summed E-state index contributed by atoms with van der Waals surface area (Å²) in [6.07, 6.45) is 2.54. The van der Waals surface area contributed by atoms with Gasteiger partial charge in [0.25, 0.3) is 5.56 Å². The lowest BCUT2D eigenvalue weighted by Crippen LogP contribution is -2.36. The van der Waals surface area contributed by atoms with Crippen LogP contribution in [0.1, 0.15) is 32.1 Å². The normalized spacial score (nSPS) is 12.1. The van der Waals surface area contributed by atoms with Crippen molar-refractivity contribution in [1.82, 2.24) is 29.7 Å². The van der Waals surface area contributed by atoms with E-state index in [1.807, 2.05) is 53.1 Å². The SMILES string of the molecule is COc1cccc(-c2ccc(=O)n(CC(=O)N[C@H](CC(C)C)c3nnc4ccccn34)n2)c1. The Bertz CT molecular complexity index is 1330. The predicted molar refractivity (Wildman–Crippen MR) is 124 cm³/mol. The molecule has 1 amide bonds. The van der Waals surface area contributed by atoms with Gasteiger partial charge in [0.1, 0.15) is 12.3 Å². The lowest BCUT2D eigenvalue weighted by atomic mass is 10.0. The van der Waals surface area contributed by atoms with E-state index in [2.05, 4.69) is 34.5 Å². The molecule has 0 spiro atoms. The third-order valence-electron chi connectivity index (χ3n) is 5.22. The topological polar surface area (TPSA) is 103 Å². The van der Waals surface area contributed by atoms with Crippen molar-refractivity contribution < 1.29 is 9.53 Å². The Kier molecular flexibility index (Phi) is 6.48. The highest BCUT2D eigenvalue weighted by Crippen LogP contribution is 2.22. The van der Waals surface area contributed by atoms with Crippen LogP contribution >= 0.6 is 0 Å². The zero-order valence-corrected chi connectivity index (χ0v) is 18.8. The molecule has 1 atom stereocenters. The van der Waals surface area contributed by atoms with E-state index in [0.717, 1.165) is 5.56 Å². The Hall–Kier alpha value is -4.01. The molecule has 4 aromatic rings. The molecule has 170 valence electrons. The molecule has 3 aromatic heterocycles. The minimum absolute atomic E-state index is 0.206. The van der Waals surface area contributed by atoms with Crippen LogP contribution < -0.4 is 15.6 Å². The fourth-order valence-corrected chi connectivity index (χ4v) is 3.67. The first-order chi connectivity index (χ1) is 15.9. The number of nitrogens with one attached hydrogen (secondary N) is 1. The first kappa shape index (κ1) is 22.2. The van der Waals surface area contributed by atoms with Crippen LogP contribution in [0.2, 0.25) is 0 Å². The molecule has 0 saturated carbocycles. The highest BCUT2D eigenvalue weighted by Gasteiger charge is 2.22. The van der Waals surface area contributed by atoms with Crippen molar-refractivity contribution in [2.45, 2.75) is 32.9 Å². The standard InChI is InChI=1S/C24H26N6O3/c1-16(2)13-20(24-27-26-21-9-4-5-12-29(21)24)25-22(31)15-30-23(32)11-10-19(28-30)17-7-6-8-18(14-17)33-3/h4-12,14,16,20H,13,15H2,1-3H3,(H,25,31)/t20-/m1/s1. The molecule has 0 aliphatic carbocycles. The molecule has 1 aromatic carbocycles. The van der Waals surface area contributed by atoms with Crippen molar-refractivity contribution >= 4 is 11.6 Å². The van der Waals surface area contributed by atoms with E-state index in [9.17, 15) is 9.59 Å². The summed E-state index contributed by atoms with van der Waals surface area (Å²) in [6.45, 7) is 3.94. The van der Waals surface area contributed by atoms with E-state index in [0.29, 0.717) is 35.3 Å². The van der Waals surface area contributed by atoms with Gasteiger partial charge in [0.2, 0.25) is 5.91 Å². The summed E-state index contributed by atoms with van der Waals surface area (Å²) in [6, 6.07) is 15.7. The van der Waals surface area contributed by atoms with Gasteiger partial charge in [0.05, 0.1) is 18.8 Å². The molecule has 0 aliphatic heterocycles. The zero-order chi connectivity index (χ0) is 23.4. The van der Waals surface area contributed by atoms with Gasteiger partial charge < -0.3 is 10.1 Å². The summed E-state index contributed by atoms with van der Waals surface area (Å²) >= 11 is 0. The molecule has 0 bridgehead atoms. The Morgan fingerprint density at radius 2 is 1.94 bits per heavy atom. The fraction of sp³-hybridized carbons (Fsp3) is 0.292. The monoisotopic (exact) mass is 446 g/mol. The number of amides is 1. The summed E-state index contributed by atoms with van der Waals surface area (Å²) in [5.74, 6) is 1.31. The molecule has 0 radical (unpaired) electrons. The molecule has 1 N–H and O–H groups in total. The Morgan fingerprint density at radius 1 is 1.09 bits per heavy atom. The van der Waals surface area contributed by atoms with Crippen molar-refractivity contribution in [3.8, 4) is 17.0 Å². The molecule has 0 fully saturated rings. The lowest BCUT2D eigenvalue weighted by molar-refractivity contribution is -0.122. The molecule has 33 heavy (non-hydrogen) atoms. The van der Waals surface area contributed by atoms with Gasteiger partial charge in [0, 0.05) is 17.8 Å². The number of rotatable bonds is 8. The number of hydrogen-bond acceptors (Lipinski definition) is 6. The smallest absolute Gasteiger partial charge is 0.267 e. The first-order valence-electron chi connectivity index (χ1n) is 10.8. The Labute approximate surface area is 191 Å². The molecule has 0 unspecified atom stereocenters. The minimum atomic E-state index is -0.356. The summed E-state index contributed by atoms with van der Waals surface area (Å²) < 4.78 is 8.29. The third-order valence-corrected chi connectivity index (χ3v) is 5.22. The van der Waals surface area contributed by atoms with Gasteiger partial charge >= 0.3 is 0 Å². The maximum absolute atomic E-state index is 12.9. The van der Waals surface area contributed by atoms with E-state index >= 15 is 0 Å². The molecule has 0 saturated heterocycles. The quantitative estimate of drug-likeness (QED) is 0.446. The fourth-order valence-electron chi connectivity index (χ4n) is 3.67. The van der Waals surface area contributed by atoms with Crippen LogP contribution in [0, 0.1) is 5.92 Å². The van der Waals surface area contributed by atoms with Crippen LogP contribution in [-0.2, 0) is 11.3 Å². The van der Waals surface area contributed by atoms with Gasteiger partial charge in [-0.3, -0.25) is 14.0 Å². The predicted octanol–water partition coefficient (Wildman–Crippen LogP) is 2.87. The average molecular weight is 447 g/mol. The van der Waals surface area contributed by atoms with Gasteiger partial charge in [0.15, 0.2) is 11.5 Å². The highest BCUT2D eigenvalue weighted by molar-refractivity contribution is 5.76. The van der Waals surface area contributed by atoms with Gasteiger partial charge in [-0.15, -0.1) is 10.2 Å². The number of methoxy groups -OCH3 is 1. The van der Waals surface area contributed by atoms with E-state index < -0.39 is 0 Å². The number of hydrogen-bond donors (Lipinski definition) is 1. The molecular formula is C24H26N6O3. The molecule has 9 nitrogen and oxygen atoms in total. The van der Waals surface area contributed by atoms with Crippen molar-refractivity contribution in [3.63, 3.8) is 0 Å². The Morgan fingerprint density at radius 3 is 2.73 bits per heavy atom. The largest absolute Gasteiger partial charge is 0.497 e. The van der Waals surface area contributed by atoms with Crippen LogP contribution in [0.25, 0.3) is 16.9 Å². The van der Waals surface area contributed by atoms with Crippen LogP contribution in [0.5, 0.6) is 5.75 Å². The van der Waals surface area contributed by atoms with Crippen LogP contribution in [0.3, 0.4) is 0 Å². The summed E-state index contributed by atoms with van der Waals surface area (Å²) in [5, 5.41) is 15.9. The summed E-state index contributed by atoms with van der Waals surface area (Å²) in [4.78, 5) is 25.3. The van der Waals surface area contributed by atoms with E-state index in [-0.39, 0.29) is 24.1 Å². The second-order valence-electron chi connectivity index (χ2n) is 8.18. The number of carbonyl (C=O) groups is 1.